The summed E-state index contributed by atoms with van der Waals surface area (Å²) in [7, 11) is 0. The molecule has 1 aliphatic rings. The highest BCUT2D eigenvalue weighted by molar-refractivity contribution is 5.90. The van der Waals surface area contributed by atoms with E-state index in [0.29, 0.717) is 16.5 Å². The summed E-state index contributed by atoms with van der Waals surface area (Å²) in [5.41, 5.74) is -5.53. The summed E-state index contributed by atoms with van der Waals surface area (Å²) in [6, 6.07) is 5.02. The molecule has 5 atom stereocenters. The summed E-state index contributed by atoms with van der Waals surface area (Å²) in [5, 5.41) is 4.94. The molecule has 0 spiro atoms. The number of rotatable bonds is 10. The summed E-state index contributed by atoms with van der Waals surface area (Å²) < 4.78 is 75.5. The molecule has 0 N–H and O–H groups in total. The fourth-order valence-electron chi connectivity index (χ4n) is 4.83. The first-order chi connectivity index (χ1) is 27.7. The zero-order valence-corrected chi connectivity index (χ0v) is 34.4. The van der Waals surface area contributed by atoms with Gasteiger partial charge in [0.1, 0.15) is 19.3 Å². The molecule has 2 heterocycles. The third kappa shape index (κ3) is 11.5. The number of fused-ring (bicyclic) bond motifs is 1. The Morgan fingerprint density at radius 1 is 0.732 bits per heavy atom. The number of hydrogen-bond acceptors (Lipinski definition) is 13. The Balaban J connectivity index is 2.32. The van der Waals surface area contributed by atoms with Crippen molar-refractivity contribution in [3.63, 3.8) is 0 Å². The quantitative estimate of drug-likeness (QED) is 0.152. The van der Waals surface area contributed by atoms with Crippen LogP contribution in [0.25, 0.3) is 10.9 Å². The second-order valence-electron chi connectivity index (χ2n) is 17.7. The van der Waals surface area contributed by atoms with Crippen LogP contribution in [-0.4, -0.2) is 83.5 Å². The van der Waals surface area contributed by atoms with Crippen molar-refractivity contribution in [2.24, 2.45) is 27.1 Å². The Morgan fingerprint density at radius 3 is 1.75 bits per heavy atom. The van der Waals surface area contributed by atoms with Crippen LogP contribution in [0.3, 0.4) is 0 Å². The minimum Gasteiger partial charge on any atom is -0.463 e. The van der Waals surface area contributed by atoms with Gasteiger partial charge in [-0.3, -0.25) is 28.7 Å². The number of carbonyl (C=O) groups excluding carboxylic acids is 5. The number of terminal acetylenes is 1. The van der Waals surface area contributed by atoms with Crippen molar-refractivity contribution < 1.29 is 62.6 Å². The number of nitrogens with zero attached hydrogens (tertiary/aromatic N) is 2. The first kappa shape index (κ1) is 39.6. The van der Waals surface area contributed by atoms with E-state index in [1.54, 1.807) is 39.0 Å². The van der Waals surface area contributed by atoms with E-state index in [0.717, 1.165) is 0 Å². The zero-order valence-electron chi connectivity index (χ0n) is 38.4. The van der Waals surface area contributed by atoms with Gasteiger partial charge in [-0.25, -0.2) is 0 Å². The van der Waals surface area contributed by atoms with E-state index in [9.17, 15) is 24.0 Å². The summed E-state index contributed by atoms with van der Waals surface area (Å²) in [6.07, 6.45) is -2.62. The van der Waals surface area contributed by atoms with Crippen molar-refractivity contribution in [3.8, 4) is 18.2 Å². The lowest BCUT2D eigenvalue weighted by molar-refractivity contribution is -0.294. The van der Waals surface area contributed by atoms with Gasteiger partial charge in [0.05, 0.1) is 44.5 Å². The molecule has 0 bridgehead atoms. The van der Waals surface area contributed by atoms with Crippen LogP contribution in [0.4, 0.5) is 0 Å². The lowest BCUT2D eigenvalue weighted by Crippen LogP contribution is -2.65. The molecule has 1 aromatic carbocycles. The van der Waals surface area contributed by atoms with E-state index >= 15 is 0 Å². The molecule has 0 aliphatic carbocycles. The van der Waals surface area contributed by atoms with Crippen LogP contribution in [-0.2, 0) is 58.9 Å². The SMILES string of the molecule is [2H]CC(C)(C)C(=O)OC[C@H]1OC(Oc2nn(CCOC(=O)C(C)(C)C)c3cccc(C#C)c23)[C@H](OC(=O)C(C)(C)C[2H])[C@@H](OC(=O)C(C)(C)C[2H])[C@@H]1OC(=O)C(C)(C)C[2H]. The van der Waals surface area contributed by atoms with Crippen molar-refractivity contribution >= 4 is 40.7 Å². The molecule has 0 amide bonds. The molecule has 14 heteroatoms. The second kappa shape index (κ2) is 16.8. The van der Waals surface area contributed by atoms with Crippen LogP contribution < -0.4 is 4.74 Å². The van der Waals surface area contributed by atoms with Crippen LogP contribution >= 0.6 is 0 Å². The molecule has 56 heavy (non-hydrogen) atoms. The molecule has 1 fully saturated rings. The standard InChI is InChI=1S/C42H60N2O12/c1-17-24-19-18-20-25-27(24)31(43-44(25)21-22-50-33(45)38(2,3)4)56-32-30(55-37(49)42(14,15)16)29(54-36(48)41(11,12)13)28(53-35(47)40(8,9)10)26(52-32)23-51-34(46)39(5,6)7/h1,18-20,26,28-30,32H,21-23H2,2-16H3/t26-,28-,29+,30-,32?/m1/s1/i5D,8D,11D,14D. The largest absolute Gasteiger partial charge is 0.463 e. The molecule has 1 aliphatic heterocycles. The van der Waals surface area contributed by atoms with Crippen LogP contribution in [0.5, 0.6) is 5.88 Å². The molecule has 1 aromatic heterocycles. The Kier molecular flexibility index (Phi) is 11.9. The first-order valence-corrected chi connectivity index (χ1v) is 18.1. The Bertz CT molecular complexity index is 1930. The normalized spacial score (nSPS) is 21.6. The number of carbonyl (C=O) groups is 5. The van der Waals surface area contributed by atoms with Gasteiger partial charge >= 0.3 is 29.8 Å². The van der Waals surface area contributed by atoms with Gasteiger partial charge in [0.25, 0.3) is 0 Å². The zero-order chi connectivity index (χ0) is 45.6. The highest BCUT2D eigenvalue weighted by Gasteiger charge is 2.56. The summed E-state index contributed by atoms with van der Waals surface area (Å²) in [5.74, 6) is -1.63. The maximum Gasteiger partial charge on any atom is 0.311 e. The molecule has 310 valence electrons. The number of esters is 5. The Hall–Kier alpha value is -4.64. The molecule has 1 unspecified atom stereocenters. The molecule has 3 rings (SSSR count). The number of ether oxygens (including phenoxy) is 7. The summed E-state index contributed by atoms with van der Waals surface area (Å²) in [4.78, 5) is 67.2. The average molecular weight is 789 g/mol. The van der Waals surface area contributed by atoms with Crippen LogP contribution in [0.15, 0.2) is 18.2 Å². The molecule has 0 radical (unpaired) electrons. The van der Waals surface area contributed by atoms with Gasteiger partial charge in [-0.15, -0.1) is 11.5 Å². The average Bonchev–Trinajstić information content (AvgIpc) is 3.54. The van der Waals surface area contributed by atoms with E-state index in [-0.39, 0.29) is 25.9 Å². The molecule has 14 nitrogen and oxygen atoms in total. The third-order valence-corrected chi connectivity index (χ3v) is 8.19. The lowest BCUT2D eigenvalue weighted by atomic mass is 9.93. The second-order valence-corrected chi connectivity index (χ2v) is 17.7. The predicted molar refractivity (Wildman–Crippen MR) is 206 cm³/mol. The van der Waals surface area contributed by atoms with Gasteiger partial charge in [-0.2, -0.15) is 0 Å². The van der Waals surface area contributed by atoms with Crippen molar-refractivity contribution in [1.29, 1.82) is 0 Å². The minimum atomic E-state index is -1.78. The minimum absolute atomic E-state index is 0.0496. The molecule has 2 aromatic rings. The third-order valence-electron chi connectivity index (χ3n) is 8.19. The van der Waals surface area contributed by atoms with Crippen molar-refractivity contribution in [2.45, 2.75) is 141 Å². The number of benzene rings is 1. The highest BCUT2D eigenvalue weighted by Crippen LogP contribution is 2.37. The van der Waals surface area contributed by atoms with Crippen LogP contribution in [0.2, 0.25) is 0 Å². The molecule has 1 saturated heterocycles. The van der Waals surface area contributed by atoms with E-state index < -0.39 is 115 Å². The van der Waals surface area contributed by atoms with Crippen molar-refractivity contribution in [1.82, 2.24) is 9.78 Å². The maximum absolute atomic E-state index is 13.9. The van der Waals surface area contributed by atoms with Crippen molar-refractivity contribution in [2.75, 3.05) is 13.2 Å². The van der Waals surface area contributed by atoms with Gasteiger partial charge in [0.15, 0.2) is 12.2 Å². The number of hydrogen-bond donors (Lipinski definition) is 0. The highest BCUT2D eigenvalue weighted by atomic mass is 16.7. The monoisotopic (exact) mass is 788 g/mol. The fourth-order valence-corrected chi connectivity index (χ4v) is 4.83. The summed E-state index contributed by atoms with van der Waals surface area (Å²) >= 11 is 0. The van der Waals surface area contributed by atoms with Crippen LogP contribution in [0, 0.1) is 39.4 Å². The topological polar surface area (TPSA) is 168 Å². The van der Waals surface area contributed by atoms with Gasteiger partial charge in [-0.1, -0.05) is 12.0 Å². The fraction of sp³-hybridized carbons (Fsp3) is 0.667. The van der Waals surface area contributed by atoms with E-state index in [1.807, 2.05) is 0 Å². The molecular formula is C42H60N2O12. The molecule has 0 saturated carbocycles. The molecular weight excluding hydrogens is 724 g/mol. The predicted octanol–water partition coefficient (Wildman–Crippen LogP) is 6.17. The van der Waals surface area contributed by atoms with Gasteiger partial charge in [0, 0.05) is 11.0 Å². The maximum atomic E-state index is 13.9. The Morgan fingerprint density at radius 2 is 1.23 bits per heavy atom. The van der Waals surface area contributed by atoms with E-state index in [1.165, 1.54) is 60.1 Å². The lowest BCUT2D eigenvalue weighted by Gasteiger charge is -2.45. The smallest absolute Gasteiger partial charge is 0.311 e. The van der Waals surface area contributed by atoms with Gasteiger partial charge in [-0.05, 0) is 116 Å². The first-order valence-electron chi connectivity index (χ1n) is 21.0. The van der Waals surface area contributed by atoms with E-state index in [4.69, 9.17) is 45.1 Å². The number of aromatic nitrogens is 2. The van der Waals surface area contributed by atoms with E-state index in [2.05, 4.69) is 11.0 Å². The van der Waals surface area contributed by atoms with Gasteiger partial charge < -0.3 is 33.2 Å². The Labute approximate surface area is 336 Å². The van der Waals surface area contributed by atoms with Crippen LogP contribution in [0.1, 0.15) is 115 Å². The van der Waals surface area contributed by atoms with Gasteiger partial charge in [0.2, 0.25) is 18.3 Å². The summed E-state index contributed by atoms with van der Waals surface area (Å²) in [6.45, 7) is 14.6. The van der Waals surface area contributed by atoms with Crippen molar-refractivity contribution in [3.05, 3.63) is 23.8 Å².